The number of aryl methyl sites for hydroxylation is 2. The number of benzene rings is 1. The minimum atomic E-state index is 0. The van der Waals surface area contributed by atoms with Gasteiger partial charge in [-0.3, -0.25) is 4.99 Å². The molecular weight excluding hydrogens is 491 g/mol. The molecular formula is C19H29IN4O3S. The number of guanidine groups is 1. The van der Waals surface area contributed by atoms with E-state index in [9.17, 15) is 0 Å². The van der Waals surface area contributed by atoms with Crippen LogP contribution in [0.15, 0.2) is 17.1 Å². The van der Waals surface area contributed by atoms with Crippen molar-refractivity contribution in [1.82, 2.24) is 15.6 Å². The first-order valence-corrected chi connectivity index (χ1v) is 9.50. The molecule has 0 saturated carbocycles. The Morgan fingerprint density at radius 1 is 1.07 bits per heavy atom. The van der Waals surface area contributed by atoms with Gasteiger partial charge in [0.15, 0.2) is 17.5 Å². The second-order valence-electron chi connectivity index (χ2n) is 5.89. The summed E-state index contributed by atoms with van der Waals surface area (Å²) in [4.78, 5) is 10.1. The van der Waals surface area contributed by atoms with Crippen molar-refractivity contribution in [2.75, 3.05) is 34.9 Å². The van der Waals surface area contributed by atoms with Gasteiger partial charge in [0, 0.05) is 31.4 Å². The minimum absolute atomic E-state index is 0. The maximum atomic E-state index is 5.39. The molecule has 2 rings (SSSR count). The summed E-state index contributed by atoms with van der Waals surface area (Å²) in [6.07, 6.45) is 0.865. The first-order chi connectivity index (χ1) is 13.0. The molecule has 9 heteroatoms. The summed E-state index contributed by atoms with van der Waals surface area (Å²) in [5.41, 5.74) is 2.11. The fourth-order valence-electron chi connectivity index (χ4n) is 2.58. The smallest absolute Gasteiger partial charge is 0.203 e. The Hall–Kier alpha value is -1.75. The summed E-state index contributed by atoms with van der Waals surface area (Å²) in [5.74, 6) is 2.58. The lowest BCUT2D eigenvalue weighted by Crippen LogP contribution is -2.37. The molecule has 0 aliphatic rings. The van der Waals surface area contributed by atoms with Gasteiger partial charge >= 0.3 is 0 Å². The molecule has 0 unspecified atom stereocenters. The largest absolute Gasteiger partial charge is 0.493 e. The van der Waals surface area contributed by atoms with E-state index in [0.717, 1.165) is 35.2 Å². The van der Waals surface area contributed by atoms with Crippen LogP contribution in [-0.2, 0) is 13.0 Å². The lowest BCUT2D eigenvalue weighted by molar-refractivity contribution is 0.323. The number of rotatable bonds is 8. The van der Waals surface area contributed by atoms with E-state index in [2.05, 4.69) is 27.5 Å². The number of aliphatic imine (C=N–C) groups is 1. The molecule has 2 N–H and O–H groups in total. The molecule has 0 amide bonds. The molecule has 0 saturated heterocycles. The van der Waals surface area contributed by atoms with Gasteiger partial charge in [-0.1, -0.05) is 0 Å². The van der Waals surface area contributed by atoms with Crippen molar-refractivity contribution in [2.45, 2.75) is 26.8 Å². The molecule has 156 valence electrons. The van der Waals surface area contributed by atoms with Crippen LogP contribution in [0, 0.1) is 13.8 Å². The third-order valence-corrected chi connectivity index (χ3v) is 5.24. The molecule has 0 radical (unpaired) electrons. The van der Waals surface area contributed by atoms with Crippen LogP contribution in [0.3, 0.4) is 0 Å². The number of hydrogen-bond donors (Lipinski definition) is 2. The van der Waals surface area contributed by atoms with Crippen LogP contribution in [0.4, 0.5) is 0 Å². The van der Waals surface area contributed by atoms with Gasteiger partial charge in [-0.15, -0.1) is 35.3 Å². The van der Waals surface area contributed by atoms with Crippen molar-refractivity contribution in [3.63, 3.8) is 0 Å². The standard InChI is InChI=1S/C19H28N4O3S.HI/c1-12-13(2)27-17(23-12)7-8-21-19(20-3)22-11-14-9-15(24-4)18(26-6)16(10-14)25-5;/h9-10H,7-8,11H2,1-6H3,(H2,20,21,22);1H. The summed E-state index contributed by atoms with van der Waals surface area (Å²) < 4.78 is 16.1. The van der Waals surface area contributed by atoms with Gasteiger partial charge in [-0.05, 0) is 31.5 Å². The summed E-state index contributed by atoms with van der Waals surface area (Å²) in [5, 5.41) is 7.75. The Balaban J connectivity index is 0.00000392. The van der Waals surface area contributed by atoms with Crippen molar-refractivity contribution in [1.29, 1.82) is 0 Å². The van der Waals surface area contributed by atoms with Gasteiger partial charge in [0.05, 0.1) is 32.0 Å². The van der Waals surface area contributed by atoms with Gasteiger partial charge in [0.25, 0.3) is 0 Å². The van der Waals surface area contributed by atoms with E-state index in [-0.39, 0.29) is 24.0 Å². The number of hydrogen-bond acceptors (Lipinski definition) is 6. The number of ether oxygens (including phenoxy) is 3. The van der Waals surface area contributed by atoms with Crippen LogP contribution in [0.5, 0.6) is 17.2 Å². The van der Waals surface area contributed by atoms with E-state index in [1.54, 1.807) is 39.7 Å². The fourth-order valence-corrected chi connectivity index (χ4v) is 3.51. The van der Waals surface area contributed by atoms with Crippen molar-refractivity contribution in [3.05, 3.63) is 33.3 Å². The Morgan fingerprint density at radius 3 is 2.18 bits per heavy atom. The van der Waals surface area contributed by atoms with Crippen molar-refractivity contribution in [3.8, 4) is 17.2 Å². The highest BCUT2D eigenvalue weighted by Gasteiger charge is 2.13. The Bertz CT molecular complexity index is 751. The molecule has 1 aromatic heterocycles. The molecule has 0 atom stereocenters. The minimum Gasteiger partial charge on any atom is -0.493 e. The average molecular weight is 520 g/mol. The van der Waals surface area contributed by atoms with Gasteiger partial charge in [-0.2, -0.15) is 0 Å². The highest BCUT2D eigenvalue weighted by molar-refractivity contribution is 14.0. The number of methoxy groups -OCH3 is 3. The topological polar surface area (TPSA) is 77.0 Å². The quantitative estimate of drug-likeness (QED) is 0.316. The molecule has 0 aliphatic heterocycles. The van der Waals surface area contributed by atoms with E-state index in [0.29, 0.717) is 23.8 Å². The number of halogens is 1. The van der Waals surface area contributed by atoms with Crippen LogP contribution in [0.1, 0.15) is 21.1 Å². The third-order valence-electron chi connectivity index (χ3n) is 4.11. The molecule has 0 aliphatic carbocycles. The number of thiazole rings is 1. The monoisotopic (exact) mass is 520 g/mol. The Morgan fingerprint density at radius 2 is 1.71 bits per heavy atom. The molecule has 28 heavy (non-hydrogen) atoms. The molecule has 1 heterocycles. The van der Waals surface area contributed by atoms with Gasteiger partial charge in [0.2, 0.25) is 5.75 Å². The summed E-state index contributed by atoms with van der Waals surface area (Å²) in [6.45, 7) is 5.48. The number of nitrogens with zero attached hydrogens (tertiary/aromatic N) is 2. The van der Waals surface area contributed by atoms with Crippen LogP contribution < -0.4 is 24.8 Å². The summed E-state index contributed by atoms with van der Waals surface area (Å²) in [7, 11) is 6.56. The number of aromatic nitrogens is 1. The normalized spacial score (nSPS) is 10.9. The molecule has 2 aromatic rings. The SMILES string of the molecule is CN=C(NCCc1nc(C)c(C)s1)NCc1cc(OC)c(OC)c(OC)c1.I. The Labute approximate surface area is 187 Å². The zero-order chi connectivity index (χ0) is 19.8. The lowest BCUT2D eigenvalue weighted by Gasteiger charge is -2.15. The first kappa shape index (κ1) is 24.3. The first-order valence-electron chi connectivity index (χ1n) is 8.68. The number of nitrogens with one attached hydrogen (secondary N) is 2. The van der Waals surface area contributed by atoms with E-state index in [1.807, 2.05) is 19.1 Å². The van der Waals surface area contributed by atoms with E-state index in [4.69, 9.17) is 14.2 Å². The fraction of sp³-hybridized carbons (Fsp3) is 0.474. The van der Waals surface area contributed by atoms with Gasteiger partial charge in [-0.25, -0.2) is 4.98 Å². The second-order valence-corrected chi connectivity index (χ2v) is 7.17. The van der Waals surface area contributed by atoms with Gasteiger partial charge in [0.1, 0.15) is 0 Å². The zero-order valence-corrected chi connectivity index (χ0v) is 20.4. The summed E-state index contributed by atoms with van der Waals surface area (Å²) in [6, 6.07) is 3.84. The second kappa shape index (κ2) is 11.9. The van der Waals surface area contributed by atoms with Gasteiger partial charge < -0.3 is 24.8 Å². The van der Waals surface area contributed by atoms with Crippen LogP contribution in [-0.4, -0.2) is 45.9 Å². The highest BCUT2D eigenvalue weighted by atomic mass is 127. The van der Waals surface area contributed by atoms with E-state index >= 15 is 0 Å². The van der Waals surface area contributed by atoms with Crippen molar-refractivity contribution >= 4 is 41.3 Å². The average Bonchev–Trinajstić information content (AvgIpc) is 3.00. The van der Waals surface area contributed by atoms with Crippen LogP contribution in [0.2, 0.25) is 0 Å². The predicted molar refractivity (Wildman–Crippen MR) is 125 cm³/mol. The summed E-state index contributed by atoms with van der Waals surface area (Å²) >= 11 is 1.74. The predicted octanol–water partition coefficient (Wildman–Crippen LogP) is 3.31. The van der Waals surface area contributed by atoms with Crippen LogP contribution in [0.25, 0.3) is 0 Å². The highest BCUT2D eigenvalue weighted by Crippen LogP contribution is 2.38. The molecule has 0 fully saturated rings. The zero-order valence-electron chi connectivity index (χ0n) is 17.2. The molecule has 7 nitrogen and oxygen atoms in total. The van der Waals surface area contributed by atoms with Crippen LogP contribution >= 0.6 is 35.3 Å². The van der Waals surface area contributed by atoms with E-state index < -0.39 is 0 Å². The maximum absolute atomic E-state index is 5.39. The Kier molecular flexibility index (Phi) is 10.4. The van der Waals surface area contributed by atoms with E-state index in [1.165, 1.54) is 4.88 Å². The molecule has 0 bridgehead atoms. The molecule has 1 aromatic carbocycles. The van der Waals surface area contributed by atoms with Crippen molar-refractivity contribution in [2.24, 2.45) is 4.99 Å². The third kappa shape index (κ3) is 6.40. The maximum Gasteiger partial charge on any atom is 0.203 e. The molecule has 0 spiro atoms. The van der Waals surface area contributed by atoms with Crippen molar-refractivity contribution < 1.29 is 14.2 Å². The lowest BCUT2D eigenvalue weighted by atomic mass is 10.2.